The second-order valence-electron chi connectivity index (χ2n) is 4.62. The van der Waals surface area contributed by atoms with Crippen LogP contribution < -0.4 is 15.5 Å². The van der Waals surface area contributed by atoms with Crippen LogP contribution in [0.4, 0.5) is 5.69 Å². The zero-order chi connectivity index (χ0) is 13.7. The number of benzene rings is 1. The normalized spacial score (nSPS) is 14.9. The summed E-state index contributed by atoms with van der Waals surface area (Å²) in [6.45, 7) is 2.12. The number of hydrazone groups is 1. The summed E-state index contributed by atoms with van der Waals surface area (Å²) in [6.07, 6.45) is 2.37. The molecule has 0 heterocycles. The molecule has 1 aromatic rings. The molecule has 1 amide bonds. The van der Waals surface area contributed by atoms with Crippen molar-refractivity contribution in [3.63, 3.8) is 0 Å². The molecule has 5 nitrogen and oxygen atoms in total. The first kappa shape index (κ1) is 13.4. The minimum atomic E-state index is -0.161. The smallest absolute Gasteiger partial charge is 0.259 e. The molecule has 0 radical (unpaired) electrons. The van der Waals surface area contributed by atoms with Crippen LogP contribution in [0, 0.1) is 5.92 Å². The summed E-state index contributed by atoms with van der Waals surface area (Å²) in [5.74, 6) is 1.13. The second kappa shape index (κ2) is 6.22. The number of methoxy groups -OCH3 is 1. The van der Waals surface area contributed by atoms with Crippen molar-refractivity contribution in [2.45, 2.75) is 19.8 Å². The molecular formula is C14H19N3O2. The van der Waals surface area contributed by atoms with Crippen molar-refractivity contribution in [2.24, 2.45) is 11.0 Å². The molecular weight excluding hydrogens is 242 g/mol. The molecule has 102 valence electrons. The topological polar surface area (TPSA) is 62.7 Å². The number of nitrogens with one attached hydrogen (secondary N) is 2. The molecule has 0 atom stereocenters. The fraction of sp³-hybridized carbons (Fsp3) is 0.429. The second-order valence-corrected chi connectivity index (χ2v) is 4.62. The van der Waals surface area contributed by atoms with E-state index in [4.69, 9.17) is 4.74 Å². The fourth-order valence-corrected chi connectivity index (χ4v) is 1.75. The number of carbonyl (C=O) groups is 1. The highest BCUT2D eigenvalue weighted by atomic mass is 16.5. The van der Waals surface area contributed by atoms with Crippen molar-refractivity contribution in [3.05, 3.63) is 24.3 Å². The molecule has 1 fully saturated rings. The standard InChI is InChI=1S/C14H19N3O2/c1-10(11-7-8-11)16-17-14(18)9-15-12-5-3-4-6-13(12)19-2/h3-6,11,15H,7-9H2,1-2H3,(H,17,18). The van der Waals surface area contributed by atoms with Crippen molar-refractivity contribution >= 4 is 17.3 Å². The van der Waals surface area contributed by atoms with Gasteiger partial charge in [-0.15, -0.1) is 0 Å². The first-order chi connectivity index (χ1) is 9.20. The number of rotatable bonds is 6. The van der Waals surface area contributed by atoms with Gasteiger partial charge in [-0.1, -0.05) is 12.1 Å². The van der Waals surface area contributed by atoms with Crippen molar-refractivity contribution < 1.29 is 9.53 Å². The molecule has 1 aliphatic carbocycles. The maximum atomic E-state index is 11.6. The summed E-state index contributed by atoms with van der Waals surface area (Å²) in [7, 11) is 1.60. The van der Waals surface area contributed by atoms with E-state index >= 15 is 0 Å². The Morgan fingerprint density at radius 1 is 1.42 bits per heavy atom. The summed E-state index contributed by atoms with van der Waals surface area (Å²) in [4.78, 5) is 11.6. The van der Waals surface area contributed by atoms with Crippen LogP contribution in [-0.4, -0.2) is 25.3 Å². The van der Waals surface area contributed by atoms with Crippen molar-refractivity contribution in [3.8, 4) is 5.75 Å². The Kier molecular flexibility index (Phi) is 4.39. The summed E-state index contributed by atoms with van der Waals surface area (Å²) in [5, 5.41) is 7.11. The van der Waals surface area contributed by atoms with E-state index in [-0.39, 0.29) is 12.5 Å². The number of nitrogens with zero attached hydrogens (tertiary/aromatic N) is 1. The molecule has 0 aromatic heterocycles. The molecule has 19 heavy (non-hydrogen) atoms. The highest BCUT2D eigenvalue weighted by Gasteiger charge is 2.24. The Balaban J connectivity index is 1.81. The minimum Gasteiger partial charge on any atom is -0.495 e. The van der Waals surface area contributed by atoms with Crippen LogP contribution >= 0.6 is 0 Å². The van der Waals surface area contributed by atoms with E-state index < -0.39 is 0 Å². The number of para-hydroxylation sites is 2. The average Bonchev–Trinajstić information content (AvgIpc) is 3.27. The predicted molar refractivity (Wildman–Crippen MR) is 75.5 cm³/mol. The lowest BCUT2D eigenvalue weighted by molar-refractivity contribution is -0.119. The van der Waals surface area contributed by atoms with Crippen LogP contribution in [0.5, 0.6) is 5.75 Å². The van der Waals surface area contributed by atoms with Gasteiger partial charge in [0.25, 0.3) is 5.91 Å². The van der Waals surface area contributed by atoms with Crippen LogP contribution in [-0.2, 0) is 4.79 Å². The molecule has 5 heteroatoms. The van der Waals surface area contributed by atoms with E-state index in [2.05, 4.69) is 15.8 Å². The molecule has 1 saturated carbocycles. The number of ether oxygens (including phenoxy) is 1. The maximum Gasteiger partial charge on any atom is 0.259 e. The molecule has 0 bridgehead atoms. The maximum absolute atomic E-state index is 11.6. The number of amides is 1. The van der Waals surface area contributed by atoms with Gasteiger partial charge in [0.05, 0.1) is 19.3 Å². The van der Waals surface area contributed by atoms with Gasteiger partial charge in [-0.05, 0) is 37.8 Å². The highest BCUT2D eigenvalue weighted by molar-refractivity contribution is 5.88. The SMILES string of the molecule is COc1ccccc1NCC(=O)NN=C(C)C1CC1. The monoisotopic (exact) mass is 261 g/mol. The van der Waals surface area contributed by atoms with Crippen LogP contribution in [0.1, 0.15) is 19.8 Å². The lowest BCUT2D eigenvalue weighted by atomic mass is 10.3. The van der Waals surface area contributed by atoms with E-state index in [0.717, 1.165) is 11.4 Å². The van der Waals surface area contributed by atoms with E-state index in [1.165, 1.54) is 12.8 Å². The molecule has 1 aliphatic rings. The van der Waals surface area contributed by atoms with Crippen molar-refractivity contribution in [1.29, 1.82) is 0 Å². The van der Waals surface area contributed by atoms with Gasteiger partial charge in [0.1, 0.15) is 5.75 Å². The summed E-state index contributed by atoms with van der Waals surface area (Å²) < 4.78 is 5.19. The van der Waals surface area contributed by atoms with Gasteiger partial charge >= 0.3 is 0 Å². The summed E-state index contributed by atoms with van der Waals surface area (Å²) in [6, 6.07) is 7.48. The Hall–Kier alpha value is -2.04. The van der Waals surface area contributed by atoms with Crippen molar-refractivity contribution in [1.82, 2.24) is 5.43 Å². The highest BCUT2D eigenvalue weighted by Crippen LogP contribution is 2.30. The molecule has 2 rings (SSSR count). The van der Waals surface area contributed by atoms with Crippen LogP contribution in [0.15, 0.2) is 29.4 Å². The molecule has 1 aromatic carbocycles. The lowest BCUT2D eigenvalue weighted by Gasteiger charge is -2.09. The number of anilines is 1. The van der Waals surface area contributed by atoms with Crippen LogP contribution in [0.3, 0.4) is 0 Å². The molecule has 0 aliphatic heterocycles. The first-order valence-corrected chi connectivity index (χ1v) is 6.40. The third-order valence-corrected chi connectivity index (χ3v) is 3.07. The number of hydrogen-bond acceptors (Lipinski definition) is 4. The third kappa shape index (κ3) is 3.98. The Labute approximate surface area is 113 Å². The van der Waals surface area contributed by atoms with Gasteiger partial charge in [0.15, 0.2) is 0 Å². The van der Waals surface area contributed by atoms with Gasteiger partial charge in [-0.25, -0.2) is 5.43 Å². The van der Waals surface area contributed by atoms with Gasteiger partial charge in [0.2, 0.25) is 0 Å². The van der Waals surface area contributed by atoms with Gasteiger partial charge in [0, 0.05) is 5.71 Å². The van der Waals surface area contributed by atoms with Gasteiger partial charge in [-0.2, -0.15) is 5.10 Å². The van der Waals surface area contributed by atoms with E-state index in [9.17, 15) is 4.79 Å². The quantitative estimate of drug-likeness (QED) is 0.608. The van der Waals surface area contributed by atoms with Gasteiger partial charge < -0.3 is 10.1 Å². The molecule has 2 N–H and O–H groups in total. The Morgan fingerprint density at radius 2 is 2.16 bits per heavy atom. The van der Waals surface area contributed by atoms with Gasteiger partial charge in [-0.3, -0.25) is 4.79 Å². The first-order valence-electron chi connectivity index (χ1n) is 6.40. The Morgan fingerprint density at radius 3 is 2.84 bits per heavy atom. The van der Waals surface area contributed by atoms with E-state index in [0.29, 0.717) is 11.7 Å². The number of carbonyl (C=O) groups excluding carboxylic acids is 1. The summed E-state index contributed by atoms with van der Waals surface area (Å²) in [5.41, 5.74) is 4.36. The predicted octanol–water partition coefficient (Wildman–Crippen LogP) is 2.01. The molecule has 0 spiro atoms. The fourth-order valence-electron chi connectivity index (χ4n) is 1.75. The molecule has 0 unspecified atom stereocenters. The Bertz CT molecular complexity index is 481. The summed E-state index contributed by atoms with van der Waals surface area (Å²) >= 11 is 0. The molecule has 0 saturated heterocycles. The third-order valence-electron chi connectivity index (χ3n) is 3.07. The number of hydrogen-bond donors (Lipinski definition) is 2. The van der Waals surface area contributed by atoms with E-state index in [1.807, 2.05) is 31.2 Å². The van der Waals surface area contributed by atoms with E-state index in [1.54, 1.807) is 7.11 Å². The van der Waals surface area contributed by atoms with Crippen LogP contribution in [0.25, 0.3) is 0 Å². The lowest BCUT2D eigenvalue weighted by Crippen LogP contribution is -2.27. The minimum absolute atomic E-state index is 0.161. The van der Waals surface area contributed by atoms with Crippen LogP contribution in [0.2, 0.25) is 0 Å². The largest absolute Gasteiger partial charge is 0.495 e. The zero-order valence-corrected chi connectivity index (χ0v) is 11.3. The average molecular weight is 261 g/mol. The zero-order valence-electron chi connectivity index (χ0n) is 11.3. The van der Waals surface area contributed by atoms with Crippen molar-refractivity contribution in [2.75, 3.05) is 19.0 Å².